The first-order valence-electron chi connectivity index (χ1n) is 5.97. The van der Waals surface area contributed by atoms with Gasteiger partial charge in [-0.1, -0.05) is 42.5 Å². The van der Waals surface area contributed by atoms with Gasteiger partial charge in [0.25, 0.3) is 0 Å². The quantitative estimate of drug-likeness (QED) is 0.731. The minimum absolute atomic E-state index is 0.108. The maximum Gasteiger partial charge on any atom is 0.195 e. The molecule has 0 saturated carbocycles. The highest BCUT2D eigenvalue weighted by molar-refractivity contribution is 7.84. The first kappa shape index (κ1) is 12.1. The van der Waals surface area contributed by atoms with Gasteiger partial charge in [0, 0.05) is 33.1 Å². The van der Waals surface area contributed by atoms with E-state index in [0.717, 1.165) is 27.1 Å². The molecule has 0 heterocycles. The van der Waals surface area contributed by atoms with Gasteiger partial charge in [-0.25, -0.2) is 0 Å². The average molecular weight is 268 g/mol. The van der Waals surface area contributed by atoms with Crippen molar-refractivity contribution in [3.63, 3.8) is 0 Å². The van der Waals surface area contributed by atoms with Crippen LogP contribution in [0.4, 0.5) is 0 Å². The molecule has 3 aromatic rings. The molecule has 0 aliphatic rings. The Morgan fingerprint density at radius 1 is 0.789 bits per heavy atom. The minimum Gasteiger partial charge on any atom is -0.289 e. The van der Waals surface area contributed by atoms with Gasteiger partial charge in [-0.2, -0.15) is 0 Å². The Bertz CT molecular complexity index is 748. The van der Waals surface area contributed by atoms with Crippen LogP contribution >= 0.6 is 0 Å². The van der Waals surface area contributed by atoms with Crippen molar-refractivity contribution in [3.05, 3.63) is 64.8 Å². The van der Waals surface area contributed by atoms with Gasteiger partial charge in [0.15, 0.2) is 5.43 Å². The largest absolute Gasteiger partial charge is 0.289 e. The molecule has 94 valence electrons. The molecule has 0 aliphatic carbocycles. The van der Waals surface area contributed by atoms with Gasteiger partial charge in [-0.3, -0.25) is 9.00 Å². The molecule has 1 atom stereocenters. The first-order chi connectivity index (χ1) is 9.18. The summed E-state index contributed by atoms with van der Waals surface area (Å²) in [6.07, 6.45) is 1.64. The Hall–Kier alpha value is -2.00. The summed E-state index contributed by atoms with van der Waals surface area (Å²) < 4.78 is 11.3. The fraction of sp³-hybridized carbons (Fsp3) is 0.0625. The fourth-order valence-corrected chi connectivity index (χ4v) is 2.66. The van der Waals surface area contributed by atoms with E-state index >= 15 is 0 Å². The highest BCUT2D eigenvalue weighted by Gasteiger charge is 2.24. The predicted molar refractivity (Wildman–Crippen MR) is 78.3 cm³/mol. The normalized spacial score (nSPS) is 12.7. The number of hydrogen-bond acceptors (Lipinski definition) is 2. The van der Waals surface area contributed by atoms with Crippen LogP contribution in [0.1, 0.15) is 0 Å². The van der Waals surface area contributed by atoms with E-state index in [-0.39, 0.29) is 5.43 Å². The monoisotopic (exact) mass is 268 g/mol. The third kappa shape index (κ3) is 2.17. The van der Waals surface area contributed by atoms with E-state index in [1.165, 1.54) is 0 Å². The molecule has 0 aromatic heterocycles. The molecule has 1 unspecified atom stereocenters. The molecule has 2 nitrogen and oxygen atoms in total. The number of rotatable bonds is 3. The molecule has 0 spiro atoms. The van der Waals surface area contributed by atoms with Gasteiger partial charge in [0.05, 0.1) is 0 Å². The fourth-order valence-electron chi connectivity index (χ4n) is 2.14. The lowest BCUT2D eigenvalue weighted by Gasteiger charge is -1.97. The smallest absolute Gasteiger partial charge is 0.195 e. The van der Waals surface area contributed by atoms with Crippen molar-refractivity contribution in [1.82, 2.24) is 0 Å². The SMILES string of the molecule is CS(=O)c1ccc(-c2c(-c3ccccc3)c2=O)cc1. The topological polar surface area (TPSA) is 34.1 Å². The molecule has 0 bridgehead atoms. The maximum atomic E-state index is 11.9. The van der Waals surface area contributed by atoms with Gasteiger partial charge >= 0.3 is 0 Å². The van der Waals surface area contributed by atoms with Crippen molar-refractivity contribution in [2.75, 3.05) is 6.26 Å². The summed E-state index contributed by atoms with van der Waals surface area (Å²) in [6.45, 7) is 0. The predicted octanol–water partition coefficient (Wildman–Crippen LogP) is 2.99. The Kier molecular flexibility index (Phi) is 2.91. The lowest BCUT2D eigenvalue weighted by Crippen LogP contribution is -1.86. The standard InChI is InChI=1S/C16H12O2S/c1-19(18)13-9-7-12(8-10-13)15-14(16(15)17)11-5-3-2-4-6-11/h2-10H,1H3. The van der Waals surface area contributed by atoms with Crippen LogP contribution in [0.2, 0.25) is 0 Å². The molecule has 0 amide bonds. The summed E-state index contributed by atoms with van der Waals surface area (Å²) in [5.41, 5.74) is 3.55. The van der Waals surface area contributed by atoms with Crippen molar-refractivity contribution in [2.45, 2.75) is 4.90 Å². The molecule has 0 N–H and O–H groups in total. The second-order valence-corrected chi connectivity index (χ2v) is 5.80. The number of hydrogen-bond donors (Lipinski definition) is 0. The highest BCUT2D eigenvalue weighted by atomic mass is 32.2. The second kappa shape index (κ2) is 4.59. The Labute approximate surface area is 113 Å². The molecule has 3 rings (SSSR count). The van der Waals surface area contributed by atoms with E-state index in [1.54, 1.807) is 6.26 Å². The van der Waals surface area contributed by atoms with Crippen LogP contribution in [0.15, 0.2) is 64.3 Å². The van der Waals surface area contributed by atoms with E-state index in [1.807, 2.05) is 54.6 Å². The molecular weight excluding hydrogens is 256 g/mol. The van der Waals surface area contributed by atoms with Gasteiger partial charge < -0.3 is 0 Å². The van der Waals surface area contributed by atoms with Gasteiger partial charge in [-0.05, 0) is 23.3 Å². The van der Waals surface area contributed by atoms with E-state index < -0.39 is 10.8 Å². The Morgan fingerprint density at radius 3 is 1.84 bits per heavy atom. The summed E-state index contributed by atoms with van der Waals surface area (Å²) in [7, 11) is -0.985. The molecule has 3 aromatic carbocycles. The van der Waals surface area contributed by atoms with Crippen molar-refractivity contribution in [2.24, 2.45) is 0 Å². The molecule has 19 heavy (non-hydrogen) atoms. The van der Waals surface area contributed by atoms with Crippen LogP contribution in [0, 0.1) is 0 Å². The summed E-state index contributed by atoms with van der Waals surface area (Å²) in [5.74, 6) is 0. The van der Waals surface area contributed by atoms with E-state index in [4.69, 9.17) is 0 Å². The van der Waals surface area contributed by atoms with Crippen LogP contribution in [0.25, 0.3) is 22.3 Å². The third-order valence-corrected chi connectivity index (χ3v) is 4.12. The van der Waals surface area contributed by atoms with Crippen LogP contribution in [0.5, 0.6) is 0 Å². The maximum absolute atomic E-state index is 11.9. The van der Waals surface area contributed by atoms with Crippen LogP contribution in [0.3, 0.4) is 0 Å². The van der Waals surface area contributed by atoms with Crippen molar-refractivity contribution in [1.29, 1.82) is 0 Å². The second-order valence-electron chi connectivity index (χ2n) is 4.42. The zero-order valence-corrected chi connectivity index (χ0v) is 11.2. The van der Waals surface area contributed by atoms with Crippen molar-refractivity contribution in [3.8, 4) is 22.3 Å². The summed E-state index contributed by atoms with van der Waals surface area (Å²) in [5, 5.41) is 0. The molecule has 0 radical (unpaired) electrons. The first-order valence-corrected chi connectivity index (χ1v) is 7.52. The van der Waals surface area contributed by atoms with E-state index in [2.05, 4.69) is 0 Å². The Morgan fingerprint density at radius 2 is 1.32 bits per heavy atom. The zero-order chi connectivity index (χ0) is 13.4. The lowest BCUT2D eigenvalue weighted by molar-refractivity contribution is 0.687. The lowest BCUT2D eigenvalue weighted by atomic mass is 10.1. The highest BCUT2D eigenvalue weighted by Crippen LogP contribution is 2.34. The van der Waals surface area contributed by atoms with Crippen LogP contribution < -0.4 is 5.43 Å². The molecular formula is C16H12O2S. The van der Waals surface area contributed by atoms with Gasteiger partial charge in [0.2, 0.25) is 0 Å². The summed E-state index contributed by atoms with van der Waals surface area (Å²) in [4.78, 5) is 12.7. The van der Waals surface area contributed by atoms with E-state index in [0.29, 0.717) is 0 Å². The van der Waals surface area contributed by atoms with Crippen molar-refractivity contribution >= 4 is 10.8 Å². The molecule has 0 fully saturated rings. The number of benzene rings is 2. The summed E-state index contributed by atoms with van der Waals surface area (Å²) in [6, 6.07) is 17.0. The zero-order valence-electron chi connectivity index (χ0n) is 10.4. The minimum atomic E-state index is -0.985. The van der Waals surface area contributed by atoms with Gasteiger partial charge in [0.1, 0.15) is 0 Å². The van der Waals surface area contributed by atoms with Gasteiger partial charge in [-0.15, -0.1) is 0 Å². The third-order valence-electron chi connectivity index (χ3n) is 3.18. The molecule has 0 aliphatic heterocycles. The van der Waals surface area contributed by atoms with Crippen LogP contribution in [-0.2, 0) is 10.8 Å². The van der Waals surface area contributed by atoms with E-state index in [9.17, 15) is 9.00 Å². The Balaban J connectivity index is 1.97. The summed E-state index contributed by atoms with van der Waals surface area (Å²) >= 11 is 0. The van der Waals surface area contributed by atoms with Crippen molar-refractivity contribution < 1.29 is 4.21 Å². The molecule has 3 heteroatoms. The molecule has 0 saturated heterocycles. The average Bonchev–Trinajstić information content (AvgIpc) is 3.11. The van der Waals surface area contributed by atoms with Crippen LogP contribution in [-0.4, -0.2) is 10.5 Å².